The highest BCUT2D eigenvalue weighted by Crippen LogP contribution is 2.31. The van der Waals surface area contributed by atoms with Crippen molar-refractivity contribution in [2.75, 3.05) is 5.73 Å². The predicted octanol–water partition coefficient (Wildman–Crippen LogP) is 4.13. The highest BCUT2D eigenvalue weighted by atomic mass is 32.2. The number of aromatic nitrogens is 1. The predicted molar refractivity (Wildman–Crippen MR) is 79.6 cm³/mol. The van der Waals surface area contributed by atoms with Gasteiger partial charge in [0.1, 0.15) is 16.4 Å². The molecular formula is C15H17FN2OS. The number of benzene rings is 1. The summed E-state index contributed by atoms with van der Waals surface area (Å²) in [4.78, 5) is 5.16. The molecule has 0 amide bonds. The average molecular weight is 292 g/mol. The van der Waals surface area contributed by atoms with Crippen LogP contribution in [0.15, 0.2) is 46.3 Å². The van der Waals surface area contributed by atoms with Crippen LogP contribution in [0, 0.1) is 5.82 Å². The van der Waals surface area contributed by atoms with E-state index in [1.165, 1.54) is 23.9 Å². The lowest BCUT2D eigenvalue weighted by atomic mass is 10.2. The Morgan fingerprint density at radius 3 is 2.60 bits per heavy atom. The van der Waals surface area contributed by atoms with Gasteiger partial charge in [0.25, 0.3) is 0 Å². The van der Waals surface area contributed by atoms with Gasteiger partial charge in [0.05, 0.1) is 5.69 Å². The summed E-state index contributed by atoms with van der Waals surface area (Å²) in [5, 5.41) is 0.712. The van der Waals surface area contributed by atoms with Crippen molar-refractivity contribution in [3.05, 3.63) is 42.2 Å². The van der Waals surface area contributed by atoms with Gasteiger partial charge in [0, 0.05) is 4.90 Å². The summed E-state index contributed by atoms with van der Waals surface area (Å²) in [7, 11) is 0. The molecule has 0 fully saturated rings. The van der Waals surface area contributed by atoms with Crippen molar-refractivity contribution in [1.82, 2.24) is 4.98 Å². The van der Waals surface area contributed by atoms with E-state index in [1.807, 2.05) is 26.8 Å². The SMILES string of the molecule is CC(C)(C)Oc1nc(Sc2cccc(F)c2)ccc1N. The Bertz CT molecular complexity index is 611. The monoisotopic (exact) mass is 292 g/mol. The van der Waals surface area contributed by atoms with Gasteiger partial charge in [0.2, 0.25) is 5.88 Å². The molecule has 1 aromatic heterocycles. The summed E-state index contributed by atoms with van der Waals surface area (Å²) in [5.74, 6) is 0.135. The highest BCUT2D eigenvalue weighted by molar-refractivity contribution is 7.99. The maximum Gasteiger partial charge on any atom is 0.238 e. The first-order valence-electron chi connectivity index (χ1n) is 6.22. The summed E-state index contributed by atoms with van der Waals surface area (Å²) in [5.41, 5.74) is 5.97. The van der Waals surface area contributed by atoms with Gasteiger partial charge in [-0.25, -0.2) is 9.37 Å². The molecular weight excluding hydrogens is 275 g/mol. The number of nitrogens with two attached hydrogens (primary N) is 1. The van der Waals surface area contributed by atoms with Crippen LogP contribution in [0.4, 0.5) is 10.1 Å². The van der Waals surface area contributed by atoms with Crippen molar-refractivity contribution < 1.29 is 9.13 Å². The molecule has 0 aliphatic heterocycles. The van der Waals surface area contributed by atoms with Crippen molar-refractivity contribution in [3.8, 4) is 5.88 Å². The number of halogens is 1. The third-order valence-electron chi connectivity index (χ3n) is 2.29. The van der Waals surface area contributed by atoms with E-state index in [0.717, 1.165) is 4.90 Å². The fourth-order valence-electron chi connectivity index (χ4n) is 1.51. The molecule has 2 aromatic rings. The van der Waals surface area contributed by atoms with Crippen LogP contribution >= 0.6 is 11.8 Å². The number of nitrogen functional groups attached to an aromatic ring is 1. The third-order valence-corrected chi connectivity index (χ3v) is 3.21. The highest BCUT2D eigenvalue weighted by Gasteiger charge is 2.15. The zero-order valence-electron chi connectivity index (χ0n) is 11.7. The van der Waals surface area contributed by atoms with Gasteiger partial charge in [-0.05, 0) is 51.1 Å². The van der Waals surface area contributed by atoms with E-state index in [4.69, 9.17) is 10.5 Å². The van der Waals surface area contributed by atoms with Gasteiger partial charge >= 0.3 is 0 Å². The van der Waals surface area contributed by atoms with E-state index in [2.05, 4.69) is 4.98 Å². The Labute approximate surface area is 122 Å². The Kier molecular flexibility index (Phi) is 4.18. The van der Waals surface area contributed by atoms with Crippen LogP contribution in [0.2, 0.25) is 0 Å². The largest absolute Gasteiger partial charge is 0.470 e. The molecule has 1 heterocycles. The molecule has 106 valence electrons. The molecule has 0 radical (unpaired) electrons. The molecule has 1 aromatic carbocycles. The van der Waals surface area contributed by atoms with E-state index < -0.39 is 0 Å². The minimum atomic E-state index is -0.372. The minimum absolute atomic E-state index is 0.267. The fraction of sp³-hybridized carbons (Fsp3) is 0.267. The van der Waals surface area contributed by atoms with Gasteiger partial charge in [-0.3, -0.25) is 0 Å². The standard InChI is InChI=1S/C15H17FN2OS/c1-15(2,3)19-14-12(17)7-8-13(18-14)20-11-6-4-5-10(16)9-11/h4-9H,17H2,1-3H3. The minimum Gasteiger partial charge on any atom is -0.470 e. The Morgan fingerprint density at radius 2 is 1.95 bits per heavy atom. The molecule has 0 saturated heterocycles. The fourth-order valence-corrected chi connectivity index (χ4v) is 2.34. The van der Waals surface area contributed by atoms with Crippen molar-refractivity contribution in [2.24, 2.45) is 0 Å². The van der Waals surface area contributed by atoms with E-state index >= 15 is 0 Å². The first-order chi connectivity index (χ1) is 9.33. The topological polar surface area (TPSA) is 48.1 Å². The van der Waals surface area contributed by atoms with Crippen LogP contribution < -0.4 is 10.5 Å². The number of hydrogen-bond donors (Lipinski definition) is 1. The van der Waals surface area contributed by atoms with E-state index in [1.54, 1.807) is 18.2 Å². The molecule has 20 heavy (non-hydrogen) atoms. The van der Waals surface area contributed by atoms with Gasteiger partial charge in [0.15, 0.2) is 0 Å². The Balaban J connectivity index is 2.23. The zero-order chi connectivity index (χ0) is 14.8. The lowest BCUT2D eigenvalue weighted by Gasteiger charge is -2.21. The number of pyridine rings is 1. The first-order valence-corrected chi connectivity index (χ1v) is 7.04. The summed E-state index contributed by atoms with van der Waals surface area (Å²) in [6.07, 6.45) is 0. The molecule has 0 unspecified atom stereocenters. The molecule has 0 spiro atoms. The second-order valence-corrected chi connectivity index (χ2v) is 6.41. The van der Waals surface area contributed by atoms with Crippen LogP contribution in [0.25, 0.3) is 0 Å². The zero-order valence-corrected chi connectivity index (χ0v) is 12.5. The van der Waals surface area contributed by atoms with Crippen LogP contribution in [0.3, 0.4) is 0 Å². The van der Waals surface area contributed by atoms with Crippen LogP contribution in [-0.2, 0) is 0 Å². The van der Waals surface area contributed by atoms with Gasteiger partial charge < -0.3 is 10.5 Å². The van der Waals surface area contributed by atoms with E-state index in [0.29, 0.717) is 16.6 Å². The smallest absolute Gasteiger partial charge is 0.238 e. The maximum atomic E-state index is 13.2. The Hall–Kier alpha value is -1.75. The first kappa shape index (κ1) is 14.7. The van der Waals surface area contributed by atoms with Crippen molar-refractivity contribution in [1.29, 1.82) is 0 Å². The van der Waals surface area contributed by atoms with Gasteiger partial charge in [-0.15, -0.1) is 0 Å². The lowest BCUT2D eigenvalue weighted by Crippen LogP contribution is -2.24. The number of ether oxygens (including phenoxy) is 1. The summed E-state index contributed by atoms with van der Waals surface area (Å²) < 4.78 is 18.9. The maximum absolute atomic E-state index is 13.2. The van der Waals surface area contributed by atoms with Crippen LogP contribution in [0.1, 0.15) is 20.8 Å². The molecule has 0 bridgehead atoms. The molecule has 0 saturated carbocycles. The molecule has 2 N–H and O–H groups in total. The molecule has 0 aliphatic rings. The number of nitrogens with zero attached hydrogens (tertiary/aromatic N) is 1. The van der Waals surface area contributed by atoms with Crippen molar-refractivity contribution in [3.63, 3.8) is 0 Å². The summed E-state index contributed by atoms with van der Waals surface area (Å²) >= 11 is 1.36. The van der Waals surface area contributed by atoms with E-state index in [-0.39, 0.29) is 11.4 Å². The third kappa shape index (κ3) is 4.13. The van der Waals surface area contributed by atoms with Crippen molar-refractivity contribution in [2.45, 2.75) is 36.3 Å². The van der Waals surface area contributed by atoms with Crippen LogP contribution in [0.5, 0.6) is 5.88 Å². The summed E-state index contributed by atoms with van der Waals surface area (Å²) in [6, 6.07) is 9.91. The molecule has 0 aliphatic carbocycles. The van der Waals surface area contributed by atoms with E-state index in [9.17, 15) is 4.39 Å². The van der Waals surface area contributed by atoms with Crippen molar-refractivity contribution >= 4 is 17.4 Å². The summed E-state index contributed by atoms with van der Waals surface area (Å²) in [6.45, 7) is 5.79. The van der Waals surface area contributed by atoms with Gasteiger partial charge in [-0.2, -0.15) is 0 Å². The molecule has 0 atom stereocenters. The molecule has 3 nitrogen and oxygen atoms in total. The second-order valence-electron chi connectivity index (χ2n) is 5.32. The number of rotatable bonds is 3. The Morgan fingerprint density at radius 1 is 1.20 bits per heavy atom. The lowest BCUT2D eigenvalue weighted by molar-refractivity contribution is 0.124. The second kappa shape index (κ2) is 5.71. The average Bonchev–Trinajstić information content (AvgIpc) is 2.32. The van der Waals surface area contributed by atoms with Crippen LogP contribution in [-0.4, -0.2) is 10.6 Å². The normalized spacial score (nSPS) is 11.4. The quantitative estimate of drug-likeness (QED) is 0.924. The number of hydrogen-bond acceptors (Lipinski definition) is 4. The van der Waals surface area contributed by atoms with Gasteiger partial charge in [-0.1, -0.05) is 17.8 Å². The molecule has 2 rings (SSSR count). The molecule has 5 heteroatoms. The number of anilines is 1.